The molecule has 39 heavy (non-hydrogen) atoms. The lowest BCUT2D eigenvalue weighted by Gasteiger charge is -2.35. The third-order valence-electron chi connectivity index (χ3n) is 6.70. The number of ether oxygens (including phenoxy) is 4. The van der Waals surface area contributed by atoms with Gasteiger partial charge in [-0.25, -0.2) is 0 Å². The Balaban J connectivity index is 1.64. The summed E-state index contributed by atoms with van der Waals surface area (Å²) in [6.07, 6.45) is 1.75. The van der Waals surface area contributed by atoms with E-state index in [1.165, 1.54) is 34.0 Å². The fraction of sp³-hybridized carbons (Fsp3) is 0.300. The van der Waals surface area contributed by atoms with E-state index in [9.17, 15) is 9.90 Å². The van der Waals surface area contributed by atoms with Crippen LogP contribution in [0.1, 0.15) is 16.7 Å². The lowest BCUT2D eigenvalue weighted by atomic mass is 9.99. The van der Waals surface area contributed by atoms with Gasteiger partial charge in [0.1, 0.15) is 0 Å². The largest absolute Gasteiger partial charge is 0.504 e. The van der Waals surface area contributed by atoms with Crippen LogP contribution in [-0.4, -0.2) is 75.4 Å². The highest BCUT2D eigenvalue weighted by Gasteiger charge is 2.26. The Hall–Kier alpha value is -3.88. The number of benzene rings is 3. The predicted octanol–water partition coefficient (Wildman–Crippen LogP) is 4.97. The number of nitrogens with zero attached hydrogens (tertiary/aromatic N) is 2. The molecule has 1 aliphatic heterocycles. The summed E-state index contributed by atoms with van der Waals surface area (Å²) in [5.74, 6) is 1.52. The molecular formula is C30H33ClN2O6. The number of halogens is 1. The van der Waals surface area contributed by atoms with Crippen molar-refractivity contribution in [3.63, 3.8) is 0 Å². The molecule has 0 radical (unpaired) electrons. The van der Waals surface area contributed by atoms with Gasteiger partial charge in [0.15, 0.2) is 23.0 Å². The second-order valence-electron chi connectivity index (χ2n) is 9.10. The minimum Gasteiger partial charge on any atom is -0.504 e. The average Bonchev–Trinajstić information content (AvgIpc) is 2.96. The number of phenolic OH excluding ortho intramolecular Hbond substituents is 1. The number of carbonyl (C=O) groups excluding carboxylic acids is 1. The maximum atomic E-state index is 14.0. The Morgan fingerprint density at radius 2 is 1.46 bits per heavy atom. The van der Waals surface area contributed by atoms with E-state index < -0.39 is 0 Å². The van der Waals surface area contributed by atoms with Gasteiger partial charge in [-0.2, -0.15) is 0 Å². The van der Waals surface area contributed by atoms with Gasteiger partial charge in [-0.05, 0) is 59.2 Å². The molecule has 9 heteroatoms. The van der Waals surface area contributed by atoms with Crippen LogP contribution in [0.15, 0.2) is 54.6 Å². The normalized spacial score (nSPS) is 14.2. The standard InChI is InChI=1S/C30H33ClN2O6/c1-36-26-10-7-21(16-25(26)34)15-24(22-17-27(37-2)29(39-4)28(18-22)38-3)30(35)33-13-11-32(12-14-33)19-20-5-8-23(31)9-6-20/h5-10,15-18,34H,11-14,19H2,1-4H3/b24-15+. The first-order valence-electron chi connectivity index (χ1n) is 12.5. The molecule has 1 amide bonds. The number of methoxy groups -OCH3 is 4. The van der Waals surface area contributed by atoms with Crippen LogP contribution in [0, 0.1) is 0 Å². The SMILES string of the molecule is COc1ccc(/C=C(/C(=O)N2CCN(Cc3ccc(Cl)cc3)CC2)c2cc(OC)c(OC)c(OC)c2)cc1O. The molecule has 206 valence electrons. The molecular weight excluding hydrogens is 520 g/mol. The van der Waals surface area contributed by atoms with E-state index in [1.807, 2.05) is 29.2 Å². The number of amides is 1. The summed E-state index contributed by atoms with van der Waals surface area (Å²) < 4.78 is 21.7. The first kappa shape index (κ1) is 28.1. The summed E-state index contributed by atoms with van der Waals surface area (Å²) >= 11 is 6.02. The number of carbonyl (C=O) groups is 1. The van der Waals surface area contributed by atoms with Gasteiger partial charge in [0.2, 0.25) is 5.75 Å². The molecule has 1 fully saturated rings. The van der Waals surface area contributed by atoms with Gasteiger partial charge in [0.05, 0.1) is 28.4 Å². The summed E-state index contributed by atoms with van der Waals surface area (Å²) in [5, 5.41) is 11.1. The van der Waals surface area contributed by atoms with Crippen LogP contribution >= 0.6 is 11.6 Å². The van der Waals surface area contributed by atoms with Gasteiger partial charge >= 0.3 is 0 Å². The van der Waals surface area contributed by atoms with E-state index in [4.69, 9.17) is 30.5 Å². The van der Waals surface area contributed by atoms with Crippen LogP contribution in [0.25, 0.3) is 11.6 Å². The number of piperazine rings is 1. The summed E-state index contributed by atoms with van der Waals surface area (Å²) in [6, 6.07) is 16.3. The predicted molar refractivity (Wildman–Crippen MR) is 152 cm³/mol. The number of phenols is 1. The van der Waals surface area contributed by atoms with Crippen LogP contribution < -0.4 is 18.9 Å². The molecule has 1 saturated heterocycles. The van der Waals surface area contributed by atoms with E-state index >= 15 is 0 Å². The Morgan fingerprint density at radius 1 is 0.846 bits per heavy atom. The molecule has 4 rings (SSSR count). The van der Waals surface area contributed by atoms with Crippen LogP contribution in [0.5, 0.6) is 28.7 Å². The highest BCUT2D eigenvalue weighted by Crippen LogP contribution is 2.41. The molecule has 3 aromatic carbocycles. The lowest BCUT2D eigenvalue weighted by molar-refractivity contribution is -0.126. The molecule has 0 aromatic heterocycles. The zero-order valence-corrected chi connectivity index (χ0v) is 23.3. The van der Waals surface area contributed by atoms with Gasteiger partial charge in [-0.3, -0.25) is 9.69 Å². The minimum atomic E-state index is -0.134. The van der Waals surface area contributed by atoms with E-state index in [0.29, 0.717) is 57.8 Å². The maximum absolute atomic E-state index is 14.0. The number of hydrogen-bond donors (Lipinski definition) is 1. The third kappa shape index (κ3) is 6.58. The monoisotopic (exact) mass is 552 g/mol. The quantitative estimate of drug-likeness (QED) is 0.297. The molecule has 0 unspecified atom stereocenters. The van der Waals surface area contributed by atoms with E-state index in [2.05, 4.69) is 4.90 Å². The van der Waals surface area contributed by atoms with E-state index in [0.717, 1.165) is 19.6 Å². The van der Waals surface area contributed by atoms with Gasteiger partial charge in [0, 0.05) is 43.3 Å². The van der Waals surface area contributed by atoms with E-state index in [1.54, 1.807) is 36.4 Å². The highest BCUT2D eigenvalue weighted by molar-refractivity contribution is 6.30. The van der Waals surface area contributed by atoms with Crippen molar-refractivity contribution >= 4 is 29.2 Å². The second-order valence-corrected chi connectivity index (χ2v) is 9.53. The van der Waals surface area contributed by atoms with Crippen LogP contribution in [0.4, 0.5) is 0 Å². The number of aromatic hydroxyl groups is 1. The van der Waals surface area contributed by atoms with Crippen molar-refractivity contribution in [2.75, 3.05) is 54.6 Å². The van der Waals surface area contributed by atoms with Crippen LogP contribution in [0.3, 0.4) is 0 Å². The molecule has 0 atom stereocenters. The van der Waals surface area contributed by atoms with Crippen molar-refractivity contribution in [1.29, 1.82) is 0 Å². The zero-order valence-electron chi connectivity index (χ0n) is 22.6. The van der Waals surface area contributed by atoms with Crippen LogP contribution in [-0.2, 0) is 11.3 Å². The Kier molecular flexibility index (Phi) is 9.22. The lowest BCUT2D eigenvalue weighted by Crippen LogP contribution is -2.48. The van der Waals surface area contributed by atoms with Crippen molar-refractivity contribution in [2.24, 2.45) is 0 Å². The molecule has 1 heterocycles. The smallest absolute Gasteiger partial charge is 0.254 e. The molecule has 0 bridgehead atoms. The van der Waals surface area contributed by atoms with Crippen LogP contribution in [0.2, 0.25) is 5.02 Å². The van der Waals surface area contributed by atoms with Crippen molar-refractivity contribution in [3.05, 3.63) is 76.3 Å². The topological polar surface area (TPSA) is 80.7 Å². The first-order chi connectivity index (χ1) is 18.9. The van der Waals surface area contributed by atoms with Gasteiger partial charge < -0.3 is 29.0 Å². The third-order valence-corrected chi connectivity index (χ3v) is 6.95. The maximum Gasteiger partial charge on any atom is 0.254 e. The molecule has 1 N–H and O–H groups in total. The molecule has 0 spiro atoms. The van der Waals surface area contributed by atoms with E-state index in [-0.39, 0.29) is 11.7 Å². The summed E-state index contributed by atoms with van der Waals surface area (Å²) in [7, 11) is 6.09. The van der Waals surface area contributed by atoms with Crippen molar-refractivity contribution in [1.82, 2.24) is 9.80 Å². The zero-order chi connectivity index (χ0) is 27.9. The molecule has 1 aliphatic rings. The average molecular weight is 553 g/mol. The number of hydrogen-bond acceptors (Lipinski definition) is 7. The van der Waals surface area contributed by atoms with Gasteiger partial charge in [-0.15, -0.1) is 0 Å². The fourth-order valence-corrected chi connectivity index (χ4v) is 4.72. The Bertz CT molecular complexity index is 1310. The summed E-state index contributed by atoms with van der Waals surface area (Å²) in [6.45, 7) is 3.41. The first-order valence-corrected chi connectivity index (χ1v) is 12.9. The number of rotatable bonds is 9. The van der Waals surface area contributed by atoms with Gasteiger partial charge in [-0.1, -0.05) is 29.8 Å². The minimum absolute atomic E-state index is 0.0150. The second kappa shape index (κ2) is 12.8. The molecule has 8 nitrogen and oxygen atoms in total. The van der Waals surface area contributed by atoms with Crippen molar-refractivity contribution in [3.8, 4) is 28.7 Å². The highest BCUT2D eigenvalue weighted by atomic mass is 35.5. The summed E-state index contributed by atoms with van der Waals surface area (Å²) in [4.78, 5) is 18.2. The van der Waals surface area contributed by atoms with Crippen molar-refractivity contribution in [2.45, 2.75) is 6.54 Å². The molecule has 3 aromatic rings. The molecule has 0 saturated carbocycles. The van der Waals surface area contributed by atoms with Gasteiger partial charge in [0.25, 0.3) is 5.91 Å². The Labute approximate surface area is 233 Å². The summed E-state index contributed by atoms with van der Waals surface area (Å²) in [5.41, 5.74) is 2.86. The fourth-order valence-electron chi connectivity index (χ4n) is 4.60. The van der Waals surface area contributed by atoms with Crippen molar-refractivity contribution < 1.29 is 28.8 Å². The molecule has 0 aliphatic carbocycles. The Morgan fingerprint density at radius 3 is 2.00 bits per heavy atom.